The summed E-state index contributed by atoms with van der Waals surface area (Å²) in [6.07, 6.45) is 2.08. The Hall–Kier alpha value is -3.08. The van der Waals surface area contributed by atoms with Crippen LogP contribution in [0.4, 0.5) is 11.4 Å². The number of H-pyrrole nitrogens is 1. The number of anilines is 2. The maximum Gasteiger partial charge on any atom is 0.228 e. The summed E-state index contributed by atoms with van der Waals surface area (Å²) in [4.78, 5) is 29.9. The zero-order chi connectivity index (χ0) is 20.7. The Bertz CT molecular complexity index is 1110. The van der Waals surface area contributed by atoms with Crippen LogP contribution in [-0.4, -0.2) is 22.8 Å². The summed E-state index contributed by atoms with van der Waals surface area (Å²) in [6, 6.07) is 12.2. The van der Waals surface area contributed by atoms with E-state index in [1.165, 1.54) is 5.56 Å². The maximum absolute atomic E-state index is 12.8. The molecule has 0 saturated heterocycles. The van der Waals surface area contributed by atoms with Gasteiger partial charge in [-0.2, -0.15) is 0 Å². The smallest absolute Gasteiger partial charge is 0.228 e. The van der Waals surface area contributed by atoms with E-state index < -0.39 is 0 Å². The van der Waals surface area contributed by atoms with Gasteiger partial charge in [-0.3, -0.25) is 9.59 Å². The summed E-state index contributed by atoms with van der Waals surface area (Å²) in [5.41, 5.74) is 7.30. The van der Waals surface area contributed by atoms with Gasteiger partial charge in [-0.05, 0) is 61.6 Å². The van der Waals surface area contributed by atoms with E-state index in [1.54, 1.807) is 6.92 Å². The van der Waals surface area contributed by atoms with E-state index in [0.29, 0.717) is 6.42 Å². The second-order valence-corrected chi connectivity index (χ2v) is 7.93. The van der Waals surface area contributed by atoms with E-state index in [-0.39, 0.29) is 17.9 Å². The number of aromatic nitrogens is 1. The molecule has 2 amide bonds. The van der Waals surface area contributed by atoms with Crippen LogP contribution in [0.3, 0.4) is 0 Å². The fraction of sp³-hybridized carbons (Fsp3) is 0.333. The van der Waals surface area contributed by atoms with Gasteiger partial charge in [0, 0.05) is 40.9 Å². The van der Waals surface area contributed by atoms with E-state index in [9.17, 15) is 9.59 Å². The lowest BCUT2D eigenvalue weighted by molar-refractivity contribution is -0.117. The summed E-state index contributed by atoms with van der Waals surface area (Å²) < 4.78 is 0. The molecule has 1 unspecified atom stereocenters. The summed E-state index contributed by atoms with van der Waals surface area (Å²) in [6.45, 7) is 7.80. The van der Waals surface area contributed by atoms with Crippen LogP contribution < -0.4 is 10.2 Å². The highest BCUT2D eigenvalue weighted by atomic mass is 16.2. The maximum atomic E-state index is 12.8. The van der Waals surface area contributed by atoms with E-state index in [2.05, 4.69) is 35.4 Å². The first-order chi connectivity index (χ1) is 13.9. The molecule has 0 spiro atoms. The normalized spacial score (nSPS) is 15.6. The minimum Gasteiger partial charge on any atom is -0.358 e. The van der Waals surface area contributed by atoms with Crippen molar-refractivity contribution in [1.82, 2.24) is 4.98 Å². The Kier molecular flexibility index (Phi) is 4.91. The van der Waals surface area contributed by atoms with Crippen molar-refractivity contribution in [2.45, 2.75) is 53.0 Å². The molecule has 1 atom stereocenters. The lowest BCUT2D eigenvalue weighted by atomic mass is 10.0. The van der Waals surface area contributed by atoms with E-state index >= 15 is 0 Å². The fourth-order valence-electron chi connectivity index (χ4n) is 4.54. The molecule has 2 N–H and O–H groups in total. The molecular weight excluding hydrogens is 362 g/mol. The first-order valence-corrected chi connectivity index (χ1v) is 10.2. The van der Waals surface area contributed by atoms with Crippen LogP contribution in [0.5, 0.6) is 0 Å². The lowest BCUT2D eigenvalue weighted by Crippen LogP contribution is -2.33. The molecule has 0 bridgehead atoms. The van der Waals surface area contributed by atoms with Gasteiger partial charge in [0.15, 0.2) is 0 Å². The number of benzene rings is 2. The van der Waals surface area contributed by atoms with Crippen LogP contribution in [-0.2, 0) is 28.9 Å². The molecule has 1 aromatic heterocycles. The van der Waals surface area contributed by atoms with Crippen LogP contribution in [0.25, 0.3) is 10.9 Å². The van der Waals surface area contributed by atoms with Crippen LogP contribution >= 0.6 is 0 Å². The number of fused-ring (bicyclic) bond motifs is 2. The summed E-state index contributed by atoms with van der Waals surface area (Å²) in [5, 5.41) is 4.16. The van der Waals surface area contributed by atoms with E-state index in [1.807, 2.05) is 36.9 Å². The minimum absolute atomic E-state index is 0.0367. The average molecular weight is 389 g/mol. The largest absolute Gasteiger partial charge is 0.358 e. The molecule has 2 heterocycles. The summed E-state index contributed by atoms with van der Waals surface area (Å²) in [5.74, 6) is 0.0135. The molecule has 0 radical (unpaired) electrons. The molecule has 0 fully saturated rings. The SMILES string of the molecule is CCc1cccc2c(CC(=O)Nc3ccc4c(c3)CC(C)N4C(C)=O)c(C)[nH]c12. The quantitative estimate of drug-likeness (QED) is 0.689. The molecule has 1 aliphatic rings. The average Bonchev–Trinajstić information content (AvgIpc) is 3.17. The predicted octanol–water partition coefficient (Wildman–Crippen LogP) is 4.52. The van der Waals surface area contributed by atoms with Gasteiger partial charge < -0.3 is 15.2 Å². The topological polar surface area (TPSA) is 65.2 Å². The highest BCUT2D eigenvalue weighted by Crippen LogP contribution is 2.34. The number of carbonyl (C=O) groups excluding carboxylic acids is 2. The van der Waals surface area contributed by atoms with Gasteiger partial charge >= 0.3 is 0 Å². The molecule has 0 aliphatic carbocycles. The van der Waals surface area contributed by atoms with Gasteiger partial charge in [0.25, 0.3) is 0 Å². The van der Waals surface area contributed by atoms with Gasteiger partial charge in [-0.1, -0.05) is 25.1 Å². The van der Waals surface area contributed by atoms with Crippen molar-refractivity contribution in [3.63, 3.8) is 0 Å². The van der Waals surface area contributed by atoms with Crippen molar-refractivity contribution in [1.29, 1.82) is 0 Å². The van der Waals surface area contributed by atoms with Crippen molar-refractivity contribution < 1.29 is 9.59 Å². The summed E-state index contributed by atoms with van der Waals surface area (Å²) >= 11 is 0. The number of nitrogens with zero attached hydrogens (tertiary/aromatic N) is 1. The highest BCUT2D eigenvalue weighted by Gasteiger charge is 2.29. The van der Waals surface area contributed by atoms with Crippen molar-refractivity contribution in [3.8, 4) is 0 Å². The van der Waals surface area contributed by atoms with Crippen molar-refractivity contribution >= 4 is 34.1 Å². The minimum atomic E-state index is -0.0367. The third kappa shape index (κ3) is 3.41. The number of nitrogens with one attached hydrogen (secondary N) is 2. The Morgan fingerprint density at radius 2 is 2.03 bits per heavy atom. The number of para-hydroxylation sites is 1. The number of hydrogen-bond acceptors (Lipinski definition) is 2. The van der Waals surface area contributed by atoms with Gasteiger partial charge in [-0.25, -0.2) is 0 Å². The number of hydrogen-bond donors (Lipinski definition) is 2. The molecule has 2 aromatic carbocycles. The standard InChI is InChI=1S/C24H27N3O2/c1-5-17-7-6-8-20-21(15(3)25-24(17)20)13-23(29)26-19-9-10-22-18(12-19)11-14(2)27(22)16(4)28/h6-10,12,14,25H,5,11,13H2,1-4H3,(H,26,29). The van der Waals surface area contributed by atoms with Crippen molar-refractivity contribution in [2.75, 3.05) is 10.2 Å². The fourth-order valence-corrected chi connectivity index (χ4v) is 4.54. The molecule has 3 aromatic rings. The van der Waals surface area contributed by atoms with Crippen LogP contribution in [0, 0.1) is 6.92 Å². The first kappa shape index (κ1) is 19.2. The van der Waals surface area contributed by atoms with Crippen molar-refractivity contribution in [2.24, 2.45) is 0 Å². The third-order valence-corrected chi connectivity index (χ3v) is 5.88. The lowest BCUT2D eigenvalue weighted by Gasteiger charge is -2.20. The van der Waals surface area contributed by atoms with E-state index in [4.69, 9.17) is 0 Å². The van der Waals surface area contributed by atoms with Crippen molar-refractivity contribution in [3.05, 3.63) is 58.8 Å². The first-order valence-electron chi connectivity index (χ1n) is 10.2. The molecule has 150 valence electrons. The van der Waals surface area contributed by atoms with Gasteiger partial charge in [0.2, 0.25) is 11.8 Å². The Labute approximate surface area is 171 Å². The zero-order valence-electron chi connectivity index (χ0n) is 17.4. The Balaban J connectivity index is 1.55. The Morgan fingerprint density at radius 3 is 2.76 bits per heavy atom. The molecule has 5 heteroatoms. The van der Waals surface area contributed by atoms with Crippen LogP contribution in [0.1, 0.15) is 43.2 Å². The molecule has 4 rings (SSSR count). The Morgan fingerprint density at radius 1 is 1.24 bits per heavy atom. The van der Waals surface area contributed by atoms with Gasteiger partial charge in [0.1, 0.15) is 0 Å². The molecular formula is C24H27N3O2. The van der Waals surface area contributed by atoms with Gasteiger partial charge in [0.05, 0.1) is 6.42 Å². The van der Waals surface area contributed by atoms with Crippen LogP contribution in [0.15, 0.2) is 36.4 Å². The van der Waals surface area contributed by atoms with Crippen LogP contribution in [0.2, 0.25) is 0 Å². The highest BCUT2D eigenvalue weighted by molar-refractivity contribution is 5.98. The predicted molar refractivity (Wildman–Crippen MR) is 118 cm³/mol. The van der Waals surface area contributed by atoms with Gasteiger partial charge in [-0.15, -0.1) is 0 Å². The van der Waals surface area contributed by atoms with E-state index in [0.717, 1.165) is 51.9 Å². The second-order valence-electron chi connectivity index (χ2n) is 7.93. The molecule has 0 saturated carbocycles. The number of carbonyl (C=O) groups is 2. The monoisotopic (exact) mass is 389 g/mol. The molecule has 5 nitrogen and oxygen atoms in total. The summed E-state index contributed by atoms with van der Waals surface area (Å²) in [7, 11) is 0. The molecule has 1 aliphatic heterocycles. The number of aryl methyl sites for hydroxylation is 2. The second kappa shape index (κ2) is 7.39. The number of rotatable bonds is 4. The molecule has 29 heavy (non-hydrogen) atoms. The third-order valence-electron chi connectivity index (χ3n) is 5.88. The zero-order valence-corrected chi connectivity index (χ0v) is 17.4. The number of amides is 2. The number of aromatic amines is 1.